The monoisotopic (exact) mass is 274 g/mol. The minimum atomic E-state index is -0.759. The first-order valence-electron chi connectivity index (χ1n) is 6.74. The highest BCUT2D eigenvalue weighted by molar-refractivity contribution is 5.83. The molecule has 0 heterocycles. The third-order valence-corrected chi connectivity index (χ3v) is 2.68. The van der Waals surface area contributed by atoms with E-state index in [2.05, 4.69) is 5.73 Å². The van der Waals surface area contributed by atoms with Crippen LogP contribution in [0.5, 0.6) is 0 Å². The summed E-state index contributed by atoms with van der Waals surface area (Å²) in [5.74, 6) is -1.13. The normalized spacial score (nSPS) is 10.2. The molecule has 0 amide bonds. The fraction of sp³-hybridized carbons (Fsp3) is 0.769. The second-order valence-electron chi connectivity index (χ2n) is 4.42. The minimum absolute atomic E-state index is 0.0321. The Hall–Kier alpha value is -1.43. The summed E-state index contributed by atoms with van der Waals surface area (Å²) in [6, 6.07) is 0. The van der Waals surface area contributed by atoms with E-state index in [1.54, 1.807) is 0 Å². The van der Waals surface area contributed by atoms with Gasteiger partial charge in [0, 0.05) is 12.8 Å². The summed E-state index contributed by atoms with van der Waals surface area (Å²) in [6.07, 6.45) is 4.79. The molecule has 0 bridgehead atoms. The zero-order chi connectivity index (χ0) is 14.5. The first kappa shape index (κ1) is 17.6. The van der Waals surface area contributed by atoms with E-state index in [1.807, 2.05) is 0 Å². The minimum Gasteiger partial charge on any atom is -0.481 e. The number of ether oxygens (including phenoxy) is 1. The van der Waals surface area contributed by atoms with E-state index in [4.69, 9.17) is 9.84 Å². The van der Waals surface area contributed by atoms with Gasteiger partial charge in [-0.1, -0.05) is 19.3 Å². The average molecular weight is 274 g/mol. The zero-order valence-electron chi connectivity index (χ0n) is 11.4. The maximum Gasteiger partial charge on any atom is 0.306 e. The van der Waals surface area contributed by atoms with Crippen LogP contribution in [0.4, 0.5) is 0 Å². The molecule has 110 valence electrons. The summed E-state index contributed by atoms with van der Waals surface area (Å²) in [6.45, 7) is 0.583. The number of unbranched alkanes of at least 4 members (excludes halogenated alkanes) is 4. The van der Waals surface area contributed by atoms with Crippen LogP contribution in [0.15, 0.2) is 0 Å². The number of carboxylic acids is 1. The van der Waals surface area contributed by atoms with Gasteiger partial charge in [0.05, 0.1) is 13.0 Å². The Morgan fingerprint density at radius 2 is 1.53 bits per heavy atom. The Bertz CT molecular complexity index is 291. The lowest BCUT2D eigenvalue weighted by atomic mass is 10.1. The third kappa shape index (κ3) is 12.8. The van der Waals surface area contributed by atoms with E-state index in [9.17, 15) is 14.4 Å². The second-order valence-corrected chi connectivity index (χ2v) is 4.42. The number of carbonyl (C=O) groups excluding carboxylic acids is 2. The Balaban J connectivity index is 3.27. The number of ketones is 1. The van der Waals surface area contributed by atoms with Crippen molar-refractivity contribution >= 4 is 17.7 Å². The van der Waals surface area contributed by atoms with Gasteiger partial charge in [-0.25, -0.2) is 0 Å². The van der Waals surface area contributed by atoms with E-state index in [0.717, 1.165) is 25.7 Å². The van der Waals surface area contributed by atoms with Crippen molar-refractivity contribution in [3.05, 3.63) is 0 Å². The summed E-state index contributed by atoms with van der Waals surface area (Å²) >= 11 is 0. The van der Waals surface area contributed by atoms with Crippen LogP contribution in [0, 0.1) is 0 Å². The lowest BCUT2D eigenvalue weighted by molar-refractivity contribution is -0.354. The van der Waals surface area contributed by atoms with Crippen LogP contribution in [0.25, 0.3) is 0 Å². The van der Waals surface area contributed by atoms with Crippen molar-refractivity contribution in [2.24, 2.45) is 0 Å². The molecule has 4 N–H and O–H groups in total. The van der Waals surface area contributed by atoms with E-state index < -0.39 is 5.97 Å². The van der Waals surface area contributed by atoms with Gasteiger partial charge in [-0.15, -0.1) is 0 Å². The molecule has 0 aliphatic heterocycles. The fourth-order valence-electron chi connectivity index (χ4n) is 1.53. The van der Waals surface area contributed by atoms with Crippen molar-refractivity contribution < 1.29 is 30.0 Å². The molecule has 19 heavy (non-hydrogen) atoms. The highest BCUT2D eigenvalue weighted by Gasteiger charge is 2.07. The summed E-state index contributed by atoms with van der Waals surface area (Å²) in [7, 11) is 0. The molecule has 0 aromatic heterocycles. The Morgan fingerprint density at radius 3 is 2.16 bits per heavy atom. The van der Waals surface area contributed by atoms with E-state index in [0.29, 0.717) is 13.0 Å². The molecule has 0 fully saturated rings. The van der Waals surface area contributed by atoms with E-state index in [1.165, 1.54) is 0 Å². The molecule has 0 aromatic carbocycles. The number of rotatable bonds is 12. The van der Waals surface area contributed by atoms with Crippen LogP contribution >= 0.6 is 0 Å². The lowest BCUT2D eigenvalue weighted by Gasteiger charge is -2.04. The van der Waals surface area contributed by atoms with Gasteiger partial charge in [0.1, 0.15) is 6.54 Å². The molecule has 0 unspecified atom stereocenters. The number of Topliss-reactive ketones (excluding diaryl/α,β-unsaturated/α-hetero) is 1. The van der Waals surface area contributed by atoms with Gasteiger partial charge in [-0.05, 0) is 12.8 Å². The maximum atomic E-state index is 11.2. The average Bonchev–Trinajstić information content (AvgIpc) is 2.38. The smallest absolute Gasteiger partial charge is 0.306 e. The number of aliphatic carboxylic acids is 1. The molecule has 6 heteroatoms. The molecule has 6 nitrogen and oxygen atoms in total. The first-order chi connectivity index (χ1) is 9.06. The summed E-state index contributed by atoms with van der Waals surface area (Å²) in [5, 5.41) is 8.44. The Labute approximate surface area is 113 Å². The predicted molar refractivity (Wildman–Crippen MR) is 68.3 cm³/mol. The second kappa shape index (κ2) is 11.6. The van der Waals surface area contributed by atoms with Crippen LogP contribution in [0.3, 0.4) is 0 Å². The van der Waals surface area contributed by atoms with Crippen molar-refractivity contribution in [2.75, 3.05) is 13.2 Å². The van der Waals surface area contributed by atoms with Gasteiger partial charge < -0.3 is 15.6 Å². The molecular weight excluding hydrogens is 250 g/mol. The number of hydrogen-bond acceptors (Lipinski definition) is 4. The third-order valence-electron chi connectivity index (χ3n) is 2.68. The van der Waals surface area contributed by atoms with Crippen LogP contribution < -0.4 is 5.73 Å². The number of hydrogen-bond donors (Lipinski definition) is 2. The maximum absolute atomic E-state index is 11.2. The molecule has 0 saturated heterocycles. The number of carboxylic acid groups (broad SMARTS) is 1. The largest absolute Gasteiger partial charge is 0.481 e. The van der Waals surface area contributed by atoms with Crippen molar-refractivity contribution in [3.63, 3.8) is 0 Å². The fourth-order valence-corrected chi connectivity index (χ4v) is 1.53. The predicted octanol–water partition coefficient (Wildman–Crippen LogP) is 0.546. The molecule has 0 atom stereocenters. The van der Waals surface area contributed by atoms with Gasteiger partial charge in [0.15, 0.2) is 5.78 Å². The van der Waals surface area contributed by atoms with Crippen molar-refractivity contribution in [3.8, 4) is 0 Å². The van der Waals surface area contributed by atoms with Crippen LogP contribution in [-0.2, 0) is 19.1 Å². The molecule has 0 spiro atoms. The van der Waals surface area contributed by atoms with E-state index in [-0.39, 0.29) is 37.6 Å². The van der Waals surface area contributed by atoms with Crippen molar-refractivity contribution in [1.82, 2.24) is 0 Å². The molecule has 0 aliphatic carbocycles. The van der Waals surface area contributed by atoms with E-state index >= 15 is 0 Å². The zero-order valence-corrected chi connectivity index (χ0v) is 11.4. The molecule has 0 aromatic rings. The van der Waals surface area contributed by atoms with Gasteiger partial charge in [-0.3, -0.25) is 14.4 Å². The Kier molecular flexibility index (Phi) is 10.8. The lowest BCUT2D eigenvalue weighted by Crippen LogP contribution is -2.54. The van der Waals surface area contributed by atoms with Gasteiger partial charge in [-0.2, -0.15) is 0 Å². The SMILES string of the molecule is [NH3+]CC(=O)CCC(=O)OCCCCCCCC(=O)O. The van der Waals surface area contributed by atoms with Crippen LogP contribution in [0.1, 0.15) is 51.4 Å². The molecular formula is C13H24NO5+. The number of quaternary nitrogens is 1. The van der Waals surface area contributed by atoms with Crippen LogP contribution in [0.2, 0.25) is 0 Å². The summed E-state index contributed by atoms with van der Waals surface area (Å²) in [4.78, 5) is 32.4. The van der Waals surface area contributed by atoms with Crippen LogP contribution in [-0.4, -0.2) is 36.0 Å². The number of carbonyl (C=O) groups is 3. The van der Waals surface area contributed by atoms with Crippen molar-refractivity contribution in [1.29, 1.82) is 0 Å². The highest BCUT2D eigenvalue weighted by Crippen LogP contribution is 2.06. The summed E-state index contributed by atoms with van der Waals surface area (Å²) in [5.41, 5.74) is 3.45. The topological polar surface area (TPSA) is 108 Å². The molecule has 0 saturated carbocycles. The molecule has 0 rings (SSSR count). The molecule has 0 radical (unpaired) electrons. The quantitative estimate of drug-likeness (QED) is 0.399. The highest BCUT2D eigenvalue weighted by atomic mass is 16.5. The first-order valence-corrected chi connectivity index (χ1v) is 6.74. The molecule has 0 aliphatic rings. The summed E-state index contributed by atoms with van der Waals surface area (Å²) < 4.78 is 4.98. The standard InChI is InChI=1S/C13H23NO5/c14-10-11(15)7-8-13(18)19-9-5-3-1-2-4-6-12(16)17/h1-10,14H2,(H,16,17)/p+1. The van der Waals surface area contributed by atoms with Gasteiger partial charge >= 0.3 is 11.9 Å². The Morgan fingerprint density at radius 1 is 0.895 bits per heavy atom. The number of esters is 1. The van der Waals surface area contributed by atoms with Gasteiger partial charge in [0.25, 0.3) is 0 Å². The van der Waals surface area contributed by atoms with Gasteiger partial charge in [0.2, 0.25) is 0 Å². The van der Waals surface area contributed by atoms with Crippen molar-refractivity contribution in [2.45, 2.75) is 51.4 Å².